The van der Waals surface area contributed by atoms with Crippen LogP contribution in [0.15, 0.2) is 12.4 Å². The highest BCUT2D eigenvalue weighted by Gasteiger charge is 2.43. The number of fused-ring (bicyclic) bond motifs is 2. The summed E-state index contributed by atoms with van der Waals surface area (Å²) in [6.07, 6.45) is 7.29. The van der Waals surface area contributed by atoms with Gasteiger partial charge in [-0.15, -0.1) is 0 Å². The molecule has 0 saturated carbocycles. The third kappa shape index (κ3) is 2.91. The number of rotatable bonds is 2. The summed E-state index contributed by atoms with van der Waals surface area (Å²) < 4.78 is 7.71. The number of amides is 1. The van der Waals surface area contributed by atoms with Crippen molar-refractivity contribution in [3.8, 4) is 0 Å². The lowest BCUT2D eigenvalue weighted by Gasteiger charge is -2.50. The molecule has 7 nitrogen and oxygen atoms in total. The number of ether oxygens (including phenoxy) is 1. The maximum Gasteiger partial charge on any atom is 0.407 e. The number of hydrogen-bond acceptors (Lipinski definition) is 4. The van der Waals surface area contributed by atoms with Gasteiger partial charge in [0.05, 0.1) is 37.5 Å². The van der Waals surface area contributed by atoms with Gasteiger partial charge in [-0.1, -0.05) is 0 Å². The van der Waals surface area contributed by atoms with Gasteiger partial charge in [0.25, 0.3) is 0 Å². The molecule has 7 heteroatoms. The largest absolute Gasteiger partial charge is 0.465 e. The fourth-order valence-corrected chi connectivity index (χ4v) is 4.65. The Morgan fingerprint density at radius 3 is 2.38 bits per heavy atom. The van der Waals surface area contributed by atoms with E-state index >= 15 is 0 Å². The van der Waals surface area contributed by atoms with Gasteiger partial charge in [-0.3, -0.25) is 9.58 Å². The Balaban J connectivity index is 1.37. The summed E-state index contributed by atoms with van der Waals surface area (Å²) in [5, 5.41) is 13.9. The molecule has 0 aliphatic carbocycles. The van der Waals surface area contributed by atoms with Crippen molar-refractivity contribution in [2.45, 2.75) is 56.8 Å². The van der Waals surface area contributed by atoms with Crippen molar-refractivity contribution in [3.05, 3.63) is 18.0 Å². The van der Waals surface area contributed by atoms with E-state index in [9.17, 15) is 9.90 Å². The molecule has 2 atom stereocenters. The lowest BCUT2D eigenvalue weighted by molar-refractivity contribution is -0.0835. The second-order valence-electron chi connectivity index (χ2n) is 7.43. The Labute approximate surface area is 142 Å². The predicted molar refractivity (Wildman–Crippen MR) is 88.1 cm³/mol. The third-order valence-electron chi connectivity index (χ3n) is 5.84. The lowest BCUT2D eigenvalue weighted by Crippen LogP contribution is -2.62. The Bertz CT molecular complexity index is 582. The highest BCUT2D eigenvalue weighted by molar-refractivity contribution is 5.66. The van der Waals surface area contributed by atoms with Gasteiger partial charge in [0.1, 0.15) is 0 Å². The molecule has 1 N–H and O–H groups in total. The molecule has 24 heavy (non-hydrogen) atoms. The number of carbonyl (C=O) groups is 1. The summed E-state index contributed by atoms with van der Waals surface area (Å²) in [4.78, 5) is 15.7. The normalized spacial score (nSPS) is 32.0. The molecule has 4 heterocycles. The fourth-order valence-electron chi connectivity index (χ4n) is 4.65. The Kier molecular flexibility index (Phi) is 4.22. The first-order valence-corrected chi connectivity index (χ1v) is 8.95. The van der Waals surface area contributed by atoms with Crippen LogP contribution in [0.2, 0.25) is 0 Å². The van der Waals surface area contributed by atoms with Crippen molar-refractivity contribution in [1.82, 2.24) is 19.6 Å². The second kappa shape index (κ2) is 6.37. The van der Waals surface area contributed by atoms with Gasteiger partial charge >= 0.3 is 6.09 Å². The zero-order valence-corrected chi connectivity index (χ0v) is 14.2. The zero-order chi connectivity index (χ0) is 16.7. The van der Waals surface area contributed by atoms with Crippen LogP contribution < -0.4 is 0 Å². The molecule has 0 radical (unpaired) electrons. The highest BCUT2D eigenvalue weighted by Crippen LogP contribution is 2.33. The van der Waals surface area contributed by atoms with Gasteiger partial charge in [0.15, 0.2) is 0 Å². The first-order valence-electron chi connectivity index (χ1n) is 8.95. The number of aryl methyl sites for hydroxylation is 1. The van der Waals surface area contributed by atoms with Gasteiger partial charge in [0, 0.05) is 25.3 Å². The van der Waals surface area contributed by atoms with Crippen LogP contribution in [0.3, 0.4) is 0 Å². The number of morpholine rings is 1. The average Bonchev–Trinajstić information content (AvgIpc) is 3.00. The maximum atomic E-state index is 11.5. The minimum Gasteiger partial charge on any atom is -0.465 e. The first-order chi connectivity index (χ1) is 11.6. The van der Waals surface area contributed by atoms with Gasteiger partial charge in [-0.25, -0.2) is 4.79 Å². The van der Waals surface area contributed by atoms with E-state index in [4.69, 9.17) is 4.74 Å². The summed E-state index contributed by atoms with van der Waals surface area (Å²) in [6, 6.07) is 1.02. The van der Waals surface area contributed by atoms with E-state index in [0.29, 0.717) is 25.3 Å². The standard InChI is InChI=1S/C17H26N4O3/c1-12-8-18-20(9-12)13-2-4-19(5-3-13)14-6-15-10-24-11-16(7-14)21(15)17(22)23/h8-9,13-16H,2-7,10-11H2,1H3,(H,22,23). The molecule has 3 saturated heterocycles. The van der Waals surface area contributed by atoms with Crippen LogP contribution in [-0.4, -0.2) is 75.2 Å². The first kappa shape index (κ1) is 15.9. The molecular formula is C17H26N4O3. The lowest BCUT2D eigenvalue weighted by atomic mass is 9.88. The SMILES string of the molecule is Cc1cnn(C2CCN(C3CC4COCC(C3)N4C(=O)O)CC2)c1. The van der Waals surface area contributed by atoms with Gasteiger partial charge in [0.2, 0.25) is 0 Å². The molecule has 2 bridgehead atoms. The van der Waals surface area contributed by atoms with Crippen molar-refractivity contribution < 1.29 is 14.6 Å². The number of hydrogen-bond donors (Lipinski definition) is 1. The molecule has 2 unspecified atom stereocenters. The fraction of sp³-hybridized carbons (Fsp3) is 0.765. The topological polar surface area (TPSA) is 70.8 Å². The van der Waals surface area contributed by atoms with Crippen molar-refractivity contribution in [2.24, 2.45) is 0 Å². The number of aromatic nitrogens is 2. The molecule has 132 valence electrons. The van der Waals surface area contributed by atoms with Gasteiger partial charge < -0.3 is 14.7 Å². The summed E-state index contributed by atoms with van der Waals surface area (Å²) in [6.45, 7) is 5.31. The Morgan fingerprint density at radius 2 is 1.83 bits per heavy atom. The molecule has 0 spiro atoms. The minimum absolute atomic E-state index is 0.0199. The monoisotopic (exact) mass is 334 g/mol. The molecule has 3 fully saturated rings. The van der Waals surface area contributed by atoms with Gasteiger partial charge in [-0.05, 0) is 38.2 Å². The van der Waals surface area contributed by atoms with Crippen LogP contribution in [-0.2, 0) is 4.74 Å². The van der Waals surface area contributed by atoms with Crippen LogP contribution >= 0.6 is 0 Å². The Hall–Kier alpha value is -1.60. The summed E-state index contributed by atoms with van der Waals surface area (Å²) >= 11 is 0. The average molecular weight is 334 g/mol. The van der Waals surface area contributed by atoms with E-state index in [0.717, 1.165) is 38.8 Å². The second-order valence-corrected chi connectivity index (χ2v) is 7.43. The maximum absolute atomic E-state index is 11.5. The number of piperidine rings is 2. The van der Waals surface area contributed by atoms with Crippen LogP contribution in [0.25, 0.3) is 0 Å². The molecule has 0 aromatic carbocycles. The van der Waals surface area contributed by atoms with Crippen molar-refractivity contribution in [3.63, 3.8) is 0 Å². The summed E-state index contributed by atoms with van der Waals surface area (Å²) in [7, 11) is 0. The third-order valence-corrected chi connectivity index (χ3v) is 5.84. The van der Waals surface area contributed by atoms with E-state index < -0.39 is 6.09 Å². The molecule has 1 aromatic rings. The van der Waals surface area contributed by atoms with E-state index in [-0.39, 0.29) is 12.1 Å². The zero-order valence-electron chi connectivity index (χ0n) is 14.2. The van der Waals surface area contributed by atoms with Crippen LogP contribution in [0.5, 0.6) is 0 Å². The predicted octanol–water partition coefficient (Wildman–Crippen LogP) is 1.74. The van der Waals surface area contributed by atoms with E-state index in [1.165, 1.54) is 5.56 Å². The summed E-state index contributed by atoms with van der Waals surface area (Å²) in [5.74, 6) is 0. The van der Waals surface area contributed by atoms with Gasteiger partial charge in [-0.2, -0.15) is 5.10 Å². The molecule has 3 aliphatic heterocycles. The van der Waals surface area contributed by atoms with E-state index in [1.54, 1.807) is 4.90 Å². The number of nitrogens with zero attached hydrogens (tertiary/aromatic N) is 4. The highest BCUT2D eigenvalue weighted by atomic mass is 16.5. The molecule has 4 rings (SSSR count). The van der Waals surface area contributed by atoms with Crippen molar-refractivity contribution >= 4 is 6.09 Å². The van der Waals surface area contributed by atoms with Crippen LogP contribution in [0.1, 0.15) is 37.3 Å². The smallest absolute Gasteiger partial charge is 0.407 e. The quantitative estimate of drug-likeness (QED) is 0.892. The molecule has 3 aliphatic rings. The Morgan fingerprint density at radius 1 is 1.17 bits per heavy atom. The minimum atomic E-state index is -0.792. The van der Waals surface area contributed by atoms with E-state index in [2.05, 4.69) is 27.8 Å². The van der Waals surface area contributed by atoms with Crippen molar-refractivity contribution in [2.75, 3.05) is 26.3 Å². The van der Waals surface area contributed by atoms with Crippen molar-refractivity contribution in [1.29, 1.82) is 0 Å². The molecular weight excluding hydrogens is 308 g/mol. The van der Waals surface area contributed by atoms with Crippen LogP contribution in [0, 0.1) is 6.92 Å². The number of carboxylic acid groups (broad SMARTS) is 1. The molecule has 1 amide bonds. The molecule has 1 aromatic heterocycles. The van der Waals surface area contributed by atoms with E-state index in [1.807, 2.05) is 6.20 Å². The van der Waals surface area contributed by atoms with Crippen LogP contribution in [0.4, 0.5) is 4.79 Å². The summed E-state index contributed by atoms with van der Waals surface area (Å²) in [5.41, 5.74) is 1.21. The number of likely N-dealkylation sites (tertiary alicyclic amines) is 1.